The second-order valence-electron chi connectivity index (χ2n) is 6.49. The van der Waals surface area contributed by atoms with E-state index >= 15 is 0 Å². The van der Waals surface area contributed by atoms with E-state index in [2.05, 4.69) is 44.5 Å². The first-order valence-corrected chi connectivity index (χ1v) is 8.89. The molecule has 0 radical (unpaired) electrons. The number of fused-ring (bicyclic) bond motifs is 1. The number of carbonyl (C=O) groups excluding carboxylic acids is 1. The van der Waals surface area contributed by atoms with Gasteiger partial charge in [-0.25, -0.2) is 4.98 Å². The molecule has 4 rings (SSSR count). The molecule has 26 heavy (non-hydrogen) atoms. The third kappa shape index (κ3) is 3.41. The third-order valence-electron chi connectivity index (χ3n) is 4.72. The van der Waals surface area contributed by atoms with Crippen molar-refractivity contribution in [2.75, 3.05) is 31.2 Å². The van der Waals surface area contributed by atoms with E-state index < -0.39 is 0 Å². The van der Waals surface area contributed by atoms with Gasteiger partial charge < -0.3 is 19.9 Å². The number of para-hydroxylation sites is 2. The average molecular weight is 350 g/mol. The number of H-pyrrole nitrogens is 1. The lowest BCUT2D eigenvalue weighted by molar-refractivity contribution is 0.0930. The van der Waals surface area contributed by atoms with Gasteiger partial charge in [0.1, 0.15) is 0 Å². The van der Waals surface area contributed by atoms with Crippen molar-refractivity contribution in [3.8, 4) is 0 Å². The number of aromatic nitrogens is 2. The summed E-state index contributed by atoms with van der Waals surface area (Å²) >= 11 is 0. The van der Waals surface area contributed by atoms with Crippen molar-refractivity contribution >= 4 is 22.6 Å². The van der Waals surface area contributed by atoms with E-state index in [0.717, 1.165) is 42.9 Å². The van der Waals surface area contributed by atoms with Gasteiger partial charge in [0.05, 0.1) is 30.3 Å². The molecule has 1 amide bonds. The highest BCUT2D eigenvalue weighted by atomic mass is 16.5. The van der Waals surface area contributed by atoms with Crippen LogP contribution in [0.2, 0.25) is 0 Å². The van der Waals surface area contributed by atoms with Crippen LogP contribution in [0.25, 0.3) is 11.0 Å². The summed E-state index contributed by atoms with van der Waals surface area (Å²) in [5.41, 5.74) is 3.90. The molecule has 0 spiro atoms. The lowest BCUT2D eigenvalue weighted by atomic mass is 10.1. The number of nitrogens with zero attached hydrogens (tertiary/aromatic N) is 2. The number of imidazole rings is 1. The topological polar surface area (TPSA) is 70.2 Å². The van der Waals surface area contributed by atoms with E-state index in [4.69, 9.17) is 4.74 Å². The van der Waals surface area contributed by atoms with Crippen molar-refractivity contribution < 1.29 is 9.53 Å². The van der Waals surface area contributed by atoms with Crippen LogP contribution in [0.4, 0.5) is 5.69 Å². The van der Waals surface area contributed by atoms with E-state index in [1.807, 2.05) is 31.2 Å². The van der Waals surface area contributed by atoms with Gasteiger partial charge in [0, 0.05) is 18.8 Å². The SMILES string of the molecule is C[C@@H](NC(=O)c1nc2ccccc2[nH]1)c1ccc(N2CCOCC2)cc1. The number of anilines is 1. The van der Waals surface area contributed by atoms with Crippen LogP contribution in [0.15, 0.2) is 48.5 Å². The molecule has 1 aromatic heterocycles. The number of carbonyl (C=O) groups is 1. The van der Waals surface area contributed by atoms with Crippen LogP contribution in [-0.2, 0) is 4.74 Å². The summed E-state index contributed by atoms with van der Waals surface area (Å²) in [5.74, 6) is 0.133. The molecule has 2 N–H and O–H groups in total. The number of amides is 1. The number of benzene rings is 2. The average Bonchev–Trinajstić information content (AvgIpc) is 3.13. The summed E-state index contributed by atoms with van der Waals surface area (Å²) in [4.78, 5) is 22.2. The van der Waals surface area contributed by atoms with Crippen molar-refractivity contribution in [1.29, 1.82) is 0 Å². The minimum atomic E-state index is -0.203. The quantitative estimate of drug-likeness (QED) is 0.759. The number of aromatic amines is 1. The Labute approximate surface area is 152 Å². The van der Waals surface area contributed by atoms with E-state index in [-0.39, 0.29) is 11.9 Å². The fraction of sp³-hybridized carbons (Fsp3) is 0.300. The first-order chi connectivity index (χ1) is 12.7. The lowest BCUT2D eigenvalue weighted by Gasteiger charge is -2.29. The van der Waals surface area contributed by atoms with Crippen molar-refractivity contribution in [1.82, 2.24) is 15.3 Å². The molecular weight excluding hydrogens is 328 g/mol. The Hall–Kier alpha value is -2.86. The van der Waals surface area contributed by atoms with Crippen LogP contribution in [-0.4, -0.2) is 42.2 Å². The number of hydrogen-bond acceptors (Lipinski definition) is 4. The van der Waals surface area contributed by atoms with Gasteiger partial charge in [-0.1, -0.05) is 24.3 Å². The number of morpholine rings is 1. The van der Waals surface area contributed by atoms with Gasteiger partial charge in [-0.05, 0) is 36.8 Å². The Morgan fingerprint density at radius 1 is 1.15 bits per heavy atom. The highest BCUT2D eigenvalue weighted by molar-refractivity contribution is 5.94. The molecule has 1 aliphatic rings. The molecule has 0 saturated carbocycles. The highest BCUT2D eigenvalue weighted by Gasteiger charge is 2.16. The van der Waals surface area contributed by atoms with Gasteiger partial charge in [-0.15, -0.1) is 0 Å². The van der Waals surface area contributed by atoms with Gasteiger partial charge in [-0.2, -0.15) is 0 Å². The standard InChI is InChI=1S/C20H22N4O2/c1-14(15-6-8-16(9-7-15)24-10-12-26-13-11-24)21-20(25)19-22-17-4-2-3-5-18(17)23-19/h2-9,14H,10-13H2,1H3,(H,21,25)(H,22,23)/t14-/m1/s1. The molecule has 2 heterocycles. The van der Waals surface area contributed by atoms with Gasteiger partial charge in [0.15, 0.2) is 5.82 Å². The fourth-order valence-electron chi connectivity index (χ4n) is 3.20. The van der Waals surface area contributed by atoms with Crippen LogP contribution in [0.5, 0.6) is 0 Å². The van der Waals surface area contributed by atoms with Crippen LogP contribution in [0.1, 0.15) is 29.1 Å². The van der Waals surface area contributed by atoms with Gasteiger partial charge in [-0.3, -0.25) is 4.79 Å². The van der Waals surface area contributed by atoms with E-state index in [1.54, 1.807) is 0 Å². The second-order valence-corrected chi connectivity index (χ2v) is 6.49. The van der Waals surface area contributed by atoms with Crippen molar-refractivity contribution in [3.63, 3.8) is 0 Å². The Morgan fingerprint density at radius 2 is 1.88 bits per heavy atom. The third-order valence-corrected chi connectivity index (χ3v) is 4.72. The Bertz CT molecular complexity index is 865. The Balaban J connectivity index is 1.43. The Kier molecular flexibility index (Phi) is 4.58. The van der Waals surface area contributed by atoms with E-state index in [0.29, 0.717) is 5.82 Å². The van der Waals surface area contributed by atoms with Gasteiger partial charge >= 0.3 is 0 Å². The molecular formula is C20H22N4O2. The summed E-state index contributed by atoms with van der Waals surface area (Å²) in [6.07, 6.45) is 0. The fourth-order valence-corrected chi connectivity index (χ4v) is 3.20. The number of ether oxygens (including phenoxy) is 1. The maximum atomic E-state index is 12.5. The smallest absolute Gasteiger partial charge is 0.287 e. The Morgan fingerprint density at radius 3 is 2.62 bits per heavy atom. The van der Waals surface area contributed by atoms with Crippen LogP contribution in [0, 0.1) is 0 Å². The molecule has 0 unspecified atom stereocenters. The minimum Gasteiger partial charge on any atom is -0.378 e. The van der Waals surface area contributed by atoms with E-state index in [9.17, 15) is 4.79 Å². The molecule has 134 valence electrons. The monoisotopic (exact) mass is 350 g/mol. The first-order valence-electron chi connectivity index (χ1n) is 8.89. The second kappa shape index (κ2) is 7.17. The molecule has 1 saturated heterocycles. The molecule has 6 heteroatoms. The highest BCUT2D eigenvalue weighted by Crippen LogP contribution is 2.20. The predicted octanol–water partition coefficient (Wildman–Crippen LogP) is 2.89. The summed E-state index contributed by atoms with van der Waals surface area (Å²) < 4.78 is 5.39. The summed E-state index contributed by atoms with van der Waals surface area (Å²) in [6.45, 7) is 5.34. The molecule has 0 bridgehead atoms. The molecule has 6 nitrogen and oxygen atoms in total. The summed E-state index contributed by atoms with van der Waals surface area (Å²) in [5, 5.41) is 3.01. The molecule has 2 aromatic carbocycles. The van der Waals surface area contributed by atoms with Crippen LogP contribution >= 0.6 is 0 Å². The summed E-state index contributed by atoms with van der Waals surface area (Å²) in [6, 6.07) is 15.8. The summed E-state index contributed by atoms with van der Waals surface area (Å²) in [7, 11) is 0. The predicted molar refractivity (Wildman–Crippen MR) is 101 cm³/mol. The van der Waals surface area contributed by atoms with Crippen molar-refractivity contribution in [2.24, 2.45) is 0 Å². The molecule has 1 atom stereocenters. The zero-order chi connectivity index (χ0) is 17.9. The maximum Gasteiger partial charge on any atom is 0.287 e. The zero-order valence-corrected chi connectivity index (χ0v) is 14.7. The molecule has 1 fully saturated rings. The number of hydrogen-bond donors (Lipinski definition) is 2. The number of nitrogens with one attached hydrogen (secondary N) is 2. The normalized spacial score (nSPS) is 15.8. The minimum absolute atomic E-state index is 0.102. The molecule has 3 aromatic rings. The lowest BCUT2D eigenvalue weighted by Crippen LogP contribution is -2.36. The van der Waals surface area contributed by atoms with Crippen molar-refractivity contribution in [2.45, 2.75) is 13.0 Å². The van der Waals surface area contributed by atoms with Crippen molar-refractivity contribution in [3.05, 3.63) is 59.9 Å². The molecule has 1 aliphatic heterocycles. The molecule has 0 aliphatic carbocycles. The maximum absolute atomic E-state index is 12.5. The van der Waals surface area contributed by atoms with Gasteiger partial charge in [0.2, 0.25) is 0 Å². The van der Waals surface area contributed by atoms with Crippen LogP contribution < -0.4 is 10.2 Å². The zero-order valence-electron chi connectivity index (χ0n) is 14.7. The largest absolute Gasteiger partial charge is 0.378 e. The van der Waals surface area contributed by atoms with E-state index in [1.165, 1.54) is 5.69 Å². The van der Waals surface area contributed by atoms with Gasteiger partial charge in [0.25, 0.3) is 5.91 Å². The first kappa shape index (κ1) is 16.6. The number of rotatable bonds is 4. The van der Waals surface area contributed by atoms with Crippen LogP contribution in [0.3, 0.4) is 0 Å².